The van der Waals surface area contributed by atoms with Gasteiger partial charge in [-0.1, -0.05) is 15.9 Å². The molecule has 1 fully saturated rings. The summed E-state index contributed by atoms with van der Waals surface area (Å²) in [4.78, 5) is 58.5. The number of ketones is 1. The van der Waals surface area contributed by atoms with Crippen molar-refractivity contribution in [1.82, 2.24) is 10.2 Å². The average molecular weight is 436 g/mol. The summed E-state index contributed by atoms with van der Waals surface area (Å²) in [5.74, 6) is -2.70. The number of rotatable bonds is 7. The molecule has 0 radical (unpaired) electrons. The molecule has 25 heavy (non-hydrogen) atoms. The molecule has 2 atom stereocenters. The maximum absolute atomic E-state index is 12.3. The van der Waals surface area contributed by atoms with Gasteiger partial charge >= 0.3 is 12.1 Å². The molecule has 1 saturated heterocycles. The fourth-order valence-electron chi connectivity index (χ4n) is 2.40. The Kier molecular flexibility index (Phi) is 6.06. The van der Waals surface area contributed by atoms with E-state index in [1.165, 1.54) is 11.8 Å². The smallest absolute Gasteiger partial charge is 0.404 e. The van der Waals surface area contributed by atoms with Crippen LogP contribution in [0.2, 0.25) is 0 Å². The van der Waals surface area contributed by atoms with E-state index in [-0.39, 0.29) is 41.2 Å². The largest absolute Gasteiger partial charge is 0.477 e. The molecule has 2 rings (SSSR count). The molecule has 2 aliphatic rings. The number of halogens is 1. The first kappa shape index (κ1) is 19.2. The minimum atomic E-state index is -1.35. The second-order valence-corrected chi connectivity index (χ2v) is 6.83. The third kappa shape index (κ3) is 4.12. The van der Waals surface area contributed by atoms with Gasteiger partial charge in [0.25, 0.3) is 5.91 Å². The number of fused-ring (bicyclic) bond motifs is 1. The number of nitrogens with one attached hydrogen (secondary N) is 1. The highest BCUT2D eigenvalue weighted by atomic mass is 79.9. The lowest BCUT2D eigenvalue weighted by atomic mass is 10.0. The first-order valence-corrected chi connectivity index (χ1v) is 9.12. The average Bonchev–Trinajstić information content (AvgIpc) is 2.56. The normalized spacial score (nSPS) is 22.0. The van der Waals surface area contributed by atoms with Gasteiger partial charge in [-0.05, 0) is 0 Å². The summed E-state index contributed by atoms with van der Waals surface area (Å²) in [5.41, 5.74) is 4.82. The van der Waals surface area contributed by atoms with Crippen molar-refractivity contribution >= 4 is 57.4 Å². The van der Waals surface area contributed by atoms with Crippen molar-refractivity contribution in [2.75, 3.05) is 17.7 Å². The van der Waals surface area contributed by atoms with Crippen LogP contribution in [0.15, 0.2) is 11.3 Å². The van der Waals surface area contributed by atoms with Gasteiger partial charge in [-0.25, -0.2) is 9.59 Å². The topological polar surface area (TPSA) is 156 Å². The third-order valence-electron chi connectivity index (χ3n) is 3.46. The summed E-state index contributed by atoms with van der Waals surface area (Å²) in [5, 5.41) is 11.2. The summed E-state index contributed by atoms with van der Waals surface area (Å²) >= 11 is 4.15. The van der Waals surface area contributed by atoms with Gasteiger partial charge in [-0.2, -0.15) is 0 Å². The Hall–Kier alpha value is -2.08. The number of thioether (sulfide) groups is 1. The van der Waals surface area contributed by atoms with Crippen molar-refractivity contribution in [2.24, 2.45) is 5.73 Å². The fourth-order valence-corrected chi connectivity index (χ4v) is 3.93. The zero-order valence-corrected chi connectivity index (χ0v) is 15.1. The molecule has 0 aliphatic carbocycles. The number of ether oxygens (including phenoxy) is 1. The molecule has 0 aromatic rings. The number of carbonyl (C=O) groups is 5. The second kappa shape index (κ2) is 7.87. The van der Waals surface area contributed by atoms with Gasteiger partial charge in [-0.15, -0.1) is 11.8 Å². The van der Waals surface area contributed by atoms with Crippen molar-refractivity contribution in [2.45, 2.75) is 17.8 Å². The third-order valence-corrected chi connectivity index (χ3v) is 5.43. The molecule has 4 N–H and O–H groups in total. The Morgan fingerprint density at radius 3 is 2.64 bits per heavy atom. The van der Waals surface area contributed by atoms with Crippen LogP contribution in [0.4, 0.5) is 4.79 Å². The van der Waals surface area contributed by atoms with Crippen molar-refractivity contribution in [1.29, 1.82) is 0 Å². The van der Waals surface area contributed by atoms with Crippen LogP contribution in [0.25, 0.3) is 0 Å². The number of carboxylic acids is 1. The van der Waals surface area contributed by atoms with Gasteiger partial charge in [0, 0.05) is 11.3 Å². The number of hydrogen-bond acceptors (Lipinski definition) is 7. The van der Waals surface area contributed by atoms with Gasteiger partial charge in [0.1, 0.15) is 23.7 Å². The first-order valence-electron chi connectivity index (χ1n) is 6.95. The predicted octanol–water partition coefficient (Wildman–Crippen LogP) is -0.826. The van der Waals surface area contributed by atoms with Crippen LogP contribution in [-0.4, -0.2) is 68.8 Å². The summed E-state index contributed by atoms with van der Waals surface area (Å²) in [6, 6.07) is -0.909. The molecule has 136 valence electrons. The van der Waals surface area contributed by atoms with E-state index in [1.54, 1.807) is 0 Å². The number of aliphatic carboxylic acids is 1. The Morgan fingerprint density at radius 2 is 2.08 bits per heavy atom. The van der Waals surface area contributed by atoms with E-state index < -0.39 is 35.3 Å². The zero-order chi connectivity index (χ0) is 18.7. The van der Waals surface area contributed by atoms with Gasteiger partial charge in [0.05, 0.1) is 11.8 Å². The number of nitrogens with zero attached hydrogens (tertiary/aromatic N) is 1. The van der Waals surface area contributed by atoms with Gasteiger partial charge in [-0.3, -0.25) is 19.3 Å². The quantitative estimate of drug-likeness (QED) is 0.265. The maximum atomic E-state index is 12.3. The lowest BCUT2D eigenvalue weighted by Crippen LogP contribution is -2.70. The highest BCUT2D eigenvalue weighted by Crippen LogP contribution is 2.40. The summed E-state index contributed by atoms with van der Waals surface area (Å²) < 4.78 is 4.61. The van der Waals surface area contributed by atoms with E-state index in [4.69, 9.17) is 5.73 Å². The van der Waals surface area contributed by atoms with E-state index in [2.05, 4.69) is 26.0 Å². The Labute approximate surface area is 154 Å². The minimum Gasteiger partial charge on any atom is -0.477 e. The van der Waals surface area contributed by atoms with Crippen LogP contribution in [0.3, 0.4) is 0 Å². The molecule has 12 heteroatoms. The molecule has 0 spiro atoms. The van der Waals surface area contributed by atoms with E-state index in [0.29, 0.717) is 0 Å². The number of amides is 3. The maximum Gasteiger partial charge on any atom is 0.404 e. The highest BCUT2D eigenvalue weighted by molar-refractivity contribution is 9.09. The van der Waals surface area contributed by atoms with Crippen molar-refractivity contribution in [3.05, 3.63) is 11.3 Å². The summed E-state index contributed by atoms with van der Waals surface area (Å²) in [7, 11) is 0. The van der Waals surface area contributed by atoms with E-state index in [0.717, 1.165) is 4.90 Å². The summed E-state index contributed by atoms with van der Waals surface area (Å²) in [6.45, 7) is -0.336. The first-order chi connectivity index (χ1) is 11.8. The number of nitrogens with two attached hydrogens (primary N) is 1. The van der Waals surface area contributed by atoms with Crippen LogP contribution in [0, 0.1) is 0 Å². The van der Waals surface area contributed by atoms with Gasteiger partial charge in [0.2, 0.25) is 5.91 Å². The Morgan fingerprint density at radius 1 is 1.40 bits per heavy atom. The molecule has 3 amide bonds. The van der Waals surface area contributed by atoms with Gasteiger partial charge in [0.15, 0.2) is 5.78 Å². The number of β-lactam (4-membered cyclic amide) rings is 1. The highest BCUT2D eigenvalue weighted by Gasteiger charge is 2.54. The monoisotopic (exact) mass is 435 g/mol. The Bertz CT molecular complexity index is 681. The lowest BCUT2D eigenvalue weighted by molar-refractivity contribution is -0.151. The van der Waals surface area contributed by atoms with Crippen LogP contribution in [0.5, 0.6) is 0 Å². The minimum absolute atomic E-state index is 0.0262. The predicted molar refractivity (Wildman–Crippen MR) is 88.6 cm³/mol. The number of alkyl halides is 1. The summed E-state index contributed by atoms with van der Waals surface area (Å²) in [6.07, 6.45) is -1.42. The number of primary amides is 1. The van der Waals surface area contributed by atoms with Crippen molar-refractivity contribution in [3.63, 3.8) is 0 Å². The second-order valence-electron chi connectivity index (χ2n) is 5.17. The molecule has 2 aliphatic heterocycles. The van der Waals surface area contributed by atoms with Crippen LogP contribution in [0.1, 0.15) is 6.42 Å². The molecule has 0 aromatic heterocycles. The molecular formula is C13H14BrN3O7S. The SMILES string of the molecule is NC(=O)OCC1=C(C(=O)O)N2C(=O)C(NC(=O)CC(=O)CBr)[C@H]2SC1. The van der Waals surface area contributed by atoms with E-state index in [1.807, 2.05) is 0 Å². The standard InChI is InChI=1S/C13H14BrN3O7S/c14-2-6(18)1-7(19)16-8-10(20)17-9(12(21)22)5(3-24-13(15)23)4-25-11(8)17/h8,11H,1-4H2,(H2,15,23)(H,16,19)(H,21,22)/t8?,11-/m1/s1. The van der Waals surface area contributed by atoms with Crippen molar-refractivity contribution in [3.8, 4) is 0 Å². The Balaban J connectivity index is 2.10. The fraction of sp³-hybridized carbons (Fsp3) is 0.462. The van der Waals surface area contributed by atoms with Crippen LogP contribution >= 0.6 is 27.7 Å². The molecule has 10 nitrogen and oxygen atoms in total. The van der Waals surface area contributed by atoms with Crippen LogP contribution < -0.4 is 11.1 Å². The molecular weight excluding hydrogens is 422 g/mol. The zero-order valence-electron chi connectivity index (χ0n) is 12.7. The number of carboxylic acid groups (broad SMARTS) is 1. The molecule has 2 heterocycles. The van der Waals surface area contributed by atoms with E-state index >= 15 is 0 Å². The molecule has 0 saturated carbocycles. The van der Waals surface area contributed by atoms with Crippen LogP contribution in [-0.2, 0) is 23.9 Å². The molecule has 0 aromatic carbocycles. The van der Waals surface area contributed by atoms with Crippen molar-refractivity contribution < 1.29 is 33.8 Å². The van der Waals surface area contributed by atoms with E-state index in [9.17, 15) is 29.1 Å². The number of carbonyl (C=O) groups excluding carboxylic acids is 4. The number of Topliss-reactive ketones (excluding diaryl/α,β-unsaturated/α-hetero) is 1. The lowest BCUT2D eigenvalue weighted by Gasteiger charge is -2.49. The number of hydrogen-bond donors (Lipinski definition) is 3. The van der Waals surface area contributed by atoms with Gasteiger partial charge < -0.3 is 20.9 Å². The molecule has 1 unspecified atom stereocenters. The molecule has 0 bridgehead atoms.